The van der Waals surface area contributed by atoms with E-state index >= 15 is 0 Å². The summed E-state index contributed by atoms with van der Waals surface area (Å²) in [7, 11) is 0. The van der Waals surface area contributed by atoms with Gasteiger partial charge in [-0.3, -0.25) is 4.79 Å². The summed E-state index contributed by atoms with van der Waals surface area (Å²) in [6.07, 6.45) is 1.02. The first-order chi connectivity index (χ1) is 12.3. The minimum atomic E-state index is -0.0730. The number of benzene rings is 2. The number of nitrogens with zero attached hydrogens (tertiary/aromatic N) is 2. The highest BCUT2D eigenvalue weighted by molar-refractivity contribution is 5.75. The van der Waals surface area contributed by atoms with E-state index < -0.39 is 0 Å². The highest BCUT2D eigenvalue weighted by Crippen LogP contribution is 2.16. The van der Waals surface area contributed by atoms with Crippen molar-refractivity contribution in [2.45, 2.75) is 19.4 Å². The highest BCUT2D eigenvalue weighted by Gasteiger charge is 2.09. The van der Waals surface area contributed by atoms with Crippen LogP contribution >= 0.6 is 0 Å². The minimum absolute atomic E-state index is 0.0730. The summed E-state index contributed by atoms with van der Waals surface area (Å²) in [6, 6.07) is 19.0. The number of rotatable bonds is 8. The molecule has 25 heavy (non-hydrogen) atoms. The second kappa shape index (κ2) is 8.63. The van der Waals surface area contributed by atoms with Gasteiger partial charge in [0.05, 0.1) is 13.2 Å². The van der Waals surface area contributed by atoms with Crippen molar-refractivity contribution in [2.24, 2.45) is 0 Å². The Morgan fingerprint density at radius 2 is 1.72 bits per heavy atom. The second-order valence-electron chi connectivity index (χ2n) is 5.41. The molecule has 0 saturated carbocycles. The van der Waals surface area contributed by atoms with Crippen LogP contribution in [0, 0.1) is 0 Å². The summed E-state index contributed by atoms with van der Waals surface area (Å²) >= 11 is 0. The van der Waals surface area contributed by atoms with E-state index in [1.807, 2.05) is 60.7 Å². The maximum Gasteiger partial charge on any atom is 0.247 e. The molecule has 3 rings (SSSR count). The predicted molar refractivity (Wildman–Crippen MR) is 92.8 cm³/mol. The molecule has 0 bridgehead atoms. The van der Waals surface area contributed by atoms with Gasteiger partial charge in [-0.2, -0.15) is 0 Å². The quantitative estimate of drug-likeness (QED) is 0.639. The predicted octanol–water partition coefficient (Wildman–Crippen LogP) is 3.21. The fraction of sp³-hybridized carbons (Fsp3) is 0.211. The minimum Gasteiger partial charge on any atom is -0.494 e. The zero-order valence-corrected chi connectivity index (χ0v) is 13.7. The van der Waals surface area contributed by atoms with Gasteiger partial charge in [0.25, 0.3) is 0 Å². The summed E-state index contributed by atoms with van der Waals surface area (Å²) < 4.78 is 11.1. The van der Waals surface area contributed by atoms with Crippen molar-refractivity contribution < 1.29 is 13.9 Å². The van der Waals surface area contributed by atoms with E-state index in [0.29, 0.717) is 31.2 Å². The Bertz CT molecular complexity index is 788. The van der Waals surface area contributed by atoms with Crippen LogP contribution in [-0.4, -0.2) is 22.7 Å². The molecule has 0 saturated heterocycles. The van der Waals surface area contributed by atoms with Crippen molar-refractivity contribution in [3.63, 3.8) is 0 Å². The molecule has 1 N–H and O–H groups in total. The maximum absolute atomic E-state index is 11.8. The monoisotopic (exact) mass is 337 g/mol. The van der Waals surface area contributed by atoms with Gasteiger partial charge in [0.2, 0.25) is 17.7 Å². The summed E-state index contributed by atoms with van der Waals surface area (Å²) in [4.78, 5) is 11.8. The molecule has 0 fully saturated rings. The van der Waals surface area contributed by atoms with Crippen LogP contribution in [0.2, 0.25) is 0 Å². The molecule has 0 aliphatic carbocycles. The van der Waals surface area contributed by atoms with Crippen molar-refractivity contribution in [2.75, 3.05) is 6.61 Å². The van der Waals surface area contributed by atoms with Crippen LogP contribution in [-0.2, 0) is 11.3 Å². The molecule has 6 nitrogen and oxygen atoms in total. The van der Waals surface area contributed by atoms with Crippen LogP contribution in [0.25, 0.3) is 11.5 Å². The standard InChI is InChI=1S/C19H19N3O3/c23-17(12-7-13-24-16-10-5-2-6-11-16)20-14-18-21-22-19(25-18)15-8-3-1-4-9-15/h1-6,8-11H,7,12-14H2,(H,20,23). The first-order valence-electron chi connectivity index (χ1n) is 8.13. The Morgan fingerprint density at radius 1 is 1.00 bits per heavy atom. The Labute approximate surface area is 145 Å². The van der Waals surface area contributed by atoms with Crippen molar-refractivity contribution in [1.29, 1.82) is 0 Å². The van der Waals surface area contributed by atoms with E-state index in [0.717, 1.165) is 11.3 Å². The lowest BCUT2D eigenvalue weighted by atomic mass is 10.2. The third-order valence-electron chi connectivity index (χ3n) is 3.48. The molecule has 2 aromatic carbocycles. The fourth-order valence-electron chi connectivity index (χ4n) is 2.22. The van der Waals surface area contributed by atoms with E-state index in [2.05, 4.69) is 15.5 Å². The number of hydrogen-bond donors (Lipinski definition) is 1. The zero-order chi connectivity index (χ0) is 17.3. The fourth-order valence-corrected chi connectivity index (χ4v) is 2.22. The van der Waals surface area contributed by atoms with Crippen molar-refractivity contribution >= 4 is 5.91 Å². The SMILES string of the molecule is O=C(CCCOc1ccccc1)NCc1nnc(-c2ccccc2)o1. The van der Waals surface area contributed by atoms with Crippen LogP contribution in [0.5, 0.6) is 5.75 Å². The van der Waals surface area contributed by atoms with Crippen LogP contribution in [0.3, 0.4) is 0 Å². The summed E-state index contributed by atoms with van der Waals surface area (Å²) in [5.41, 5.74) is 0.852. The van der Waals surface area contributed by atoms with Crippen molar-refractivity contribution in [1.82, 2.24) is 15.5 Å². The van der Waals surface area contributed by atoms with Gasteiger partial charge in [-0.05, 0) is 30.7 Å². The van der Waals surface area contributed by atoms with Gasteiger partial charge < -0.3 is 14.5 Å². The van der Waals surface area contributed by atoms with Crippen LogP contribution in [0.1, 0.15) is 18.7 Å². The average Bonchev–Trinajstić information content (AvgIpc) is 3.14. The zero-order valence-electron chi connectivity index (χ0n) is 13.7. The lowest BCUT2D eigenvalue weighted by Crippen LogP contribution is -2.23. The lowest BCUT2D eigenvalue weighted by Gasteiger charge is -2.05. The largest absolute Gasteiger partial charge is 0.494 e. The number of para-hydroxylation sites is 1. The van der Waals surface area contributed by atoms with E-state index in [9.17, 15) is 4.79 Å². The summed E-state index contributed by atoms with van der Waals surface area (Å²) in [6.45, 7) is 0.717. The molecule has 0 aliphatic heterocycles. The molecular weight excluding hydrogens is 318 g/mol. The molecule has 128 valence electrons. The van der Waals surface area contributed by atoms with Gasteiger partial charge in [-0.25, -0.2) is 0 Å². The Hall–Kier alpha value is -3.15. The van der Waals surface area contributed by atoms with Crippen molar-refractivity contribution in [3.05, 3.63) is 66.6 Å². The van der Waals surface area contributed by atoms with Crippen LogP contribution < -0.4 is 10.1 Å². The molecule has 3 aromatic rings. The Kier molecular flexibility index (Phi) is 5.77. The second-order valence-corrected chi connectivity index (χ2v) is 5.41. The van der Waals surface area contributed by atoms with Crippen molar-refractivity contribution in [3.8, 4) is 17.2 Å². The van der Waals surface area contributed by atoms with E-state index in [4.69, 9.17) is 9.15 Å². The summed E-state index contributed by atoms with van der Waals surface area (Å²) in [5, 5.41) is 10.7. The summed E-state index contributed by atoms with van der Waals surface area (Å²) in [5.74, 6) is 1.56. The van der Waals surface area contributed by atoms with Gasteiger partial charge in [-0.15, -0.1) is 10.2 Å². The molecular formula is C19H19N3O3. The third-order valence-corrected chi connectivity index (χ3v) is 3.48. The molecule has 0 unspecified atom stereocenters. The number of ether oxygens (including phenoxy) is 1. The molecule has 0 spiro atoms. The van der Waals surface area contributed by atoms with Crippen LogP contribution in [0.4, 0.5) is 0 Å². The number of hydrogen-bond acceptors (Lipinski definition) is 5. The highest BCUT2D eigenvalue weighted by atomic mass is 16.5. The smallest absolute Gasteiger partial charge is 0.247 e. The number of nitrogens with one attached hydrogen (secondary N) is 1. The number of aromatic nitrogens is 2. The van der Waals surface area contributed by atoms with E-state index in [-0.39, 0.29) is 12.5 Å². The lowest BCUT2D eigenvalue weighted by molar-refractivity contribution is -0.121. The first-order valence-corrected chi connectivity index (χ1v) is 8.13. The molecule has 1 amide bonds. The van der Waals surface area contributed by atoms with Gasteiger partial charge in [0, 0.05) is 12.0 Å². The number of carbonyl (C=O) groups is 1. The van der Waals surface area contributed by atoms with E-state index in [1.54, 1.807) is 0 Å². The number of carbonyl (C=O) groups excluding carboxylic acids is 1. The first kappa shape index (κ1) is 16.7. The van der Waals surface area contributed by atoms with Gasteiger partial charge in [-0.1, -0.05) is 36.4 Å². The molecule has 0 radical (unpaired) electrons. The van der Waals surface area contributed by atoms with Crippen LogP contribution in [0.15, 0.2) is 65.1 Å². The topological polar surface area (TPSA) is 77.2 Å². The molecule has 1 heterocycles. The molecule has 0 aliphatic rings. The van der Waals surface area contributed by atoms with Gasteiger partial charge in [0.15, 0.2) is 0 Å². The van der Waals surface area contributed by atoms with Gasteiger partial charge in [0.1, 0.15) is 5.75 Å². The molecule has 1 aromatic heterocycles. The van der Waals surface area contributed by atoms with E-state index in [1.165, 1.54) is 0 Å². The Morgan fingerprint density at radius 3 is 2.48 bits per heavy atom. The third kappa shape index (κ3) is 5.17. The number of amides is 1. The average molecular weight is 337 g/mol. The molecule has 6 heteroatoms. The maximum atomic E-state index is 11.8. The molecule has 0 atom stereocenters. The van der Waals surface area contributed by atoms with Gasteiger partial charge >= 0.3 is 0 Å². The Balaban J connectivity index is 1.37. The normalized spacial score (nSPS) is 10.4.